The third kappa shape index (κ3) is 2.73. The van der Waals surface area contributed by atoms with Gasteiger partial charge in [-0.2, -0.15) is 0 Å². The molecule has 0 bridgehead atoms. The second kappa shape index (κ2) is 5.56. The van der Waals surface area contributed by atoms with Gasteiger partial charge in [0.1, 0.15) is 18.0 Å². The summed E-state index contributed by atoms with van der Waals surface area (Å²) in [5.74, 6) is 1.83. The van der Waals surface area contributed by atoms with Gasteiger partial charge in [-0.3, -0.25) is 0 Å². The lowest BCUT2D eigenvalue weighted by atomic mass is 10.0. The van der Waals surface area contributed by atoms with Crippen LogP contribution in [0.3, 0.4) is 0 Å². The van der Waals surface area contributed by atoms with Crippen molar-refractivity contribution in [3.63, 3.8) is 0 Å². The maximum absolute atomic E-state index is 9.42. The van der Waals surface area contributed by atoms with Crippen LogP contribution >= 0.6 is 0 Å². The number of hydrogen-bond acceptors (Lipinski definition) is 5. The summed E-state index contributed by atoms with van der Waals surface area (Å²) >= 11 is 0. The summed E-state index contributed by atoms with van der Waals surface area (Å²) in [7, 11) is 0. The van der Waals surface area contributed by atoms with Gasteiger partial charge in [0, 0.05) is 19.2 Å². The molecule has 1 saturated carbocycles. The number of aromatic nitrogens is 2. The summed E-state index contributed by atoms with van der Waals surface area (Å²) in [5.41, 5.74) is 0.506. The molecule has 2 N–H and O–H groups in total. The van der Waals surface area contributed by atoms with E-state index >= 15 is 0 Å². The van der Waals surface area contributed by atoms with Crippen molar-refractivity contribution in [2.45, 2.75) is 45.1 Å². The average Bonchev–Trinajstić information content (AvgIpc) is 3.12. The fraction of sp³-hybridized carbons (Fsp3) is 0.733. The van der Waals surface area contributed by atoms with Gasteiger partial charge in [-0.1, -0.05) is 6.92 Å². The van der Waals surface area contributed by atoms with Crippen molar-refractivity contribution in [1.82, 2.24) is 9.97 Å². The zero-order valence-corrected chi connectivity index (χ0v) is 12.2. The second-order valence-electron chi connectivity index (χ2n) is 6.14. The van der Waals surface area contributed by atoms with Crippen molar-refractivity contribution in [2.75, 3.05) is 29.9 Å². The SMILES string of the molecule is CCC1(CNc2cc(N3CCCC3CO)ncn2)CC1. The first kappa shape index (κ1) is 13.6. The van der Waals surface area contributed by atoms with Gasteiger partial charge in [0.25, 0.3) is 0 Å². The van der Waals surface area contributed by atoms with Crippen LogP contribution in [0, 0.1) is 5.41 Å². The predicted octanol–water partition coefficient (Wildman–Crippen LogP) is 2.04. The Balaban J connectivity index is 1.66. The number of aliphatic hydroxyl groups excluding tert-OH is 1. The zero-order chi connectivity index (χ0) is 14.0. The van der Waals surface area contributed by atoms with E-state index < -0.39 is 0 Å². The van der Waals surface area contributed by atoms with Crippen LogP contribution in [0.4, 0.5) is 11.6 Å². The normalized spacial score (nSPS) is 23.9. The first-order chi connectivity index (χ1) is 9.76. The Hall–Kier alpha value is -1.36. The molecule has 1 aromatic heterocycles. The summed E-state index contributed by atoms with van der Waals surface area (Å²) in [6.45, 7) is 4.44. The minimum atomic E-state index is 0.200. The Labute approximate surface area is 120 Å². The summed E-state index contributed by atoms with van der Waals surface area (Å²) in [6, 6.07) is 2.22. The molecule has 0 radical (unpaired) electrons. The molecule has 1 atom stereocenters. The van der Waals surface area contributed by atoms with E-state index in [0.29, 0.717) is 5.41 Å². The third-order valence-corrected chi connectivity index (χ3v) is 4.89. The Bertz CT molecular complexity index is 461. The Kier molecular flexibility index (Phi) is 3.78. The van der Waals surface area contributed by atoms with Crippen LogP contribution in [0.1, 0.15) is 39.0 Å². The van der Waals surface area contributed by atoms with Gasteiger partial charge in [-0.05, 0) is 37.5 Å². The van der Waals surface area contributed by atoms with E-state index in [1.165, 1.54) is 19.3 Å². The van der Waals surface area contributed by atoms with Gasteiger partial charge in [-0.25, -0.2) is 9.97 Å². The van der Waals surface area contributed by atoms with Crippen molar-refractivity contribution < 1.29 is 5.11 Å². The molecule has 1 unspecified atom stereocenters. The highest BCUT2D eigenvalue weighted by atomic mass is 16.3. The minimum absolute atomic E-state index is 0.200. The van der Waals surface area contributed by atoms with Gasteiger partial charge in [0.05, 0.1) is 12.6 Å². The lowest BCUT2D eigenvalue weighted by Gasteiger charge is -2.24. The minimum Gasteiger partial charge on any atom is -0.394 e. The van der Waals surface area contributed by atoms with E-state index in [4.69, 9.17) is 0 Å². The molecule has 1 aliphatic carbocycles. The van der Waals surface area contributed by atoms with Crippen molar-refractivity contribution in [3.8, 4) is 0 Å². The summed E-state index contributed by atoms with van der Waals surface area (Å²) in [5, 5.41) is 12.9. The van der Waals surface area contributed by atoms with Crippen LogP contribution in [-0.2, 0) is 0 Å². The molecule has 2 heterocycles. The number of nitrogens with one attached hydrogen (secondary N) is 1. The molecule has 1 saturated heterocycles. The molecule has 5 nitrogen and oxygen atoms in total. The highest BCUT2D eigenvalue weighted by Crippen LogP contribution is 2.48. The number of rotatable bonds is 6. The van der Waals surface area contributed by atoms with Crippen molar-refractivity contribution in [1.29, 1.82) is 0 Å². The van der Waals surface area contributed by atoms with Crippen LogP contribution in [0.5, 0.6) is 0 Å². The number of nitrogens with zero attached hydrogens (tertiary/aromatic N) is 3. The number of aliphatic hydroxyl groups is 1. The molecule has 0 amide bonds. The largest absolute Gasteiger partial charge is 0.394 e. The van der Waals surface area contributed by atoms with Crippen LogP contribution in [-0.4, -0.2) is 40.8 Å². The topological polar surface area (TPSA) is 61.3 Å². The molecule has 1 aliphatic heterocycles. The molecule has 2 fully saturated rings. The van der Waals surface area contributed by atoms with E-state index in [1.807, 2.05) is 6.07 Å². The number of hydrogen-bond donors (Lipinski definition) is 2. The Morgan fingerprint density at radius 1 is 1.45 bits per heavy atom. The molecular formula is C15H24N4O. The molecule has 20 heavy (non-hydrogen) atoms. The van der Waals surface area contributed by atoms with Crippen LogP contribution in [0.25, 0.3) is 0 Å². The zero-order valence-electron chi connectivity index (χ0n) is 12.2. The summed E-state index contributed by atoms with van der Waals surface area (Å²) in [4.78, 5) is 10.9. The van der Waals surface area contributed by atoms with Crippen LogP contribution in [0.15, 0.2) is 12.4 Å². The maximum Gasteiger partial charge on any atom is 0.134 e. The van der Waals surface area contributed by atoms with E-state index in [-0.39, 0.29) is 12.6 Å². The monoisotopic (exact) mass is 276 g/mol. The van der Waals surface area contributed by atoms with E-state index in [9.17, 15) is 5.11 Å². The summed E-state index contributed by atoms with van der Waals surface area (Å²) in [6.07, 6.45) is 7.67. The molecule has 5 heteroatoms. The molecule has 110 valence electrons. The molecular weight excluding hydrogens is 252 g/mol. The molecule has 1 aromatic rings. The Morgan fingerprint density at radius 3 is 3.00 bits per heavy atom. The fourth-order valence-electron chi connectivity index (χ4n) is 3.04. The van der Waals surface area contributed by atoms with Crippen molar-refractivity contribution in [2.24, 2.45) is 5.41 Å². The van der Waals surface area contributed by atoms with Crippen molar-refractivity contribution >= 4 is 11.6 Å². The quantitative estimate of drug-likeness (QED) is 0.832. The smallest absolute Gasteiger partial charge is 0.134 e. The lowest BCUT2D eigenvalue weighted by molar-refractivity contribution is 0.266. The van der Waals surface area contributed by atoms with E-state index in [2.05, 4.69) is 27.1 Å². The first-order valence-electron chi connectivity index (χ1n) is 7.70. The molecule has 2 aliphatic rings. The maximum atomic E-state index is 9.42. The lowest BCUT2D eigenvalue weighted by Crippen LogP contribution is -2.32. The van der Waals surface area contributed by atoms with Gasteiger partial charge >= 0.3 is 0 Å². The van der Waals surface area contributed by atoms with Gasteiger partial charge in [0.15, 0.2) is 0 Å². The van der Waals surface area contributed by atoms with Crippen LogP contribution < -0.4 is 10.2 Å². The van der Waals surface area contributed by atoms with Crippen molar-refractivity contribution in [3.05, 3.63) is 12.4 Å². The van der Waals surface area contributed by atoms with Gasteiger partial charge in [0.2, 0.25) is 0 Å². The first-order valence-corrected chi connectivity index (χ1v) is 7.70. The fourth-order valence-corrected chi connectivity index (χ4v) is 3.04. The van der Waals surface area contributed by atoms with Crippen LogP contribution in [0.2, 0.25) is 0 Å². The summed E-state index contributed by atoms with van der Waals surface area (Å²) < 4.78 is 0. The second-order valence-corrected chi connectivity index (χ2v) is 6.14. The highest BCUT2D eigenvalue weighted by Gasteiger charge is 2.40. The highest BCUT2D eigenvalue weighted by molar-refractivity contribution is 5.50. The molecule has 0 spiro atoms. The standard InChI is InChI=1S/C15H24N4O/c1-2-15(5-6-15)10-16-13-8-14(18-11-17-13)19-7-3-4-12(19)9-20/h8,11-12,20H,2-7,9-10H2,1H3,(H,16,17,18). The molecule has 0 aromatic carbocycles. The predicted molar refractivity (Wildman–Crippen MR) is 79.9 cm³/mol. The van der Waals surface area contributed by atoms with Gasteiger partial charge in [-0.15, -0.1) is 0 Å². The Morgan fingerprint density at radius 2 is 2.30 bits per heavy atom. The third-order valence-electron chi connectivity index (χ3n) is 4.89. The molecule has 3 rings (SSSR count). The average molecular weight is 276 g/mol. The van der Waals surface area contributed by atoms with E-state index in [0.717, 1.165) is 37.6 Å². The van der Waals surface area contributed by atoms with E-state index in [1.54, 1.807) is 6.33 Å². The van der Waals surface area contributed by atoms with Gasteiger partial charge < -0.3 is 15.3 Å². The number of anilines is 2.